The highest BCUT2D eigenvalue weighted by Gasteiger charge is 2.04. The molecular formula is C8H6Br2O2S. The lowest BCUT2D eigenvalue weighted by molar-refractivity contribution is -0.132. The molecule has 1 aromatic heterocycles. The first kappa shape index (κ1) is 10.9. The number of carbonyl (C=O) groups is 1. The summed E-state index contributed by atoms with van der Waals surface area (Å²) in [5.41, 5.74) is 0.334. The van der Waals surface area contributed by atoms with Crippen LogP contribution in [-0.4, -0.2) is 11.1 Å². The van der Waals surface area contributed by atoms with E-state index in [2.05, 4.69) is 31.9 Å². The molecule has 0 amide bonds. The maximum absolute atomic E-state index is 10.5. The number of carboxylic acids is 1. The lowest BCUT2D eigenvalue weighted by atomic mass is 10.2. The fraction of sp³-hybridized carbons (Fsp3) is 0.125. The molecule has 0 aliphatic heterocycles. The first-order chi connectivity index (χ1) is 6.00. The molecule has 0 spiro atoms. The van der Waals surface area contributed by atoms with Gasteiger partial charge in [0.05, 0.1) is 3.79 Å². The largest absolute Gasteiger partial charge is 0.478 e. The van der Waals surface area contributed by atoms with E-state index >= 15 is 0 Å². The Morgan fingerprint density at radius 3 is 2.62 bits per heavy atom. The smallest absolute Gasteiger partial charge is 0.331 e. The van der Waals surface area contributed by atoms with Gasteiger partial charge in [0.25, 0.3) is 0 Å². The Labute approximate surface area is 96.5 Å². The van der Waals surface area contributed by atoms with Crippen molar-refractivity contribution in [3.05, 3.63) is 24.8 Å². The van der Waals surface area contributed by atoms with E-state index < -0.39 is 5.97 Å². The Morgan fingerprint density at radius 1 is 1.62 bits per heavy atom. The lowest BCUT2D eigenvalue weighted by Crippen LogP contribution is -1.94. The van der Waals surface area contributed by atoms with Crippen molar-refractivity contribution in [3.8, 4) is 0 Å². The van der Waals surface area contributed by atoms with Crippen LogP contribution in [0.1, 0.15) is 11.8 Å². The van der Waals surface area contributed by atoms with Gasteiger partial charge in [-0.25, -0.2) is 4.79 Å². The van der Waals surface area contributed by atoms with Gasteiger partial charge in [0.1, 0.15) is 0 Å². The molecule has 1 N–H and O–H groups in total. The van der Waals surface area contributed by atoms with Crippen LogP contribution in [0, 0.1) is 0 Å². The molecule has 0 saturated heterocycles. The number of rotatable bonds is 2. The van der Waals surface area contributed by atoms with E-state index in [0.29, 0.717) is 5.57 Å². The summed E-state index contributed by atoms with van der Waals surface area (Å²) in [6.45, 7) is 1.57. The Kier molecular flexibility index (Phi) is 3.70. The van der Waals surface area contributed by atoms with Crippen LogP contribution in [0.5, 0.6) is 0 Å². The highest BCUT2D eigenvalue weighted by atomic mass is 79.9. The van der Waals surface area contributed by atoms with E-state index in [1.807, 2.05) is 6.07 Å². The van der Waals surface area contributed by atoms with Crippen molar-refractivity contribution in [3.63, 3.8) is 0 Å². The summed E-state index contributed by atoms with van der Waals surface area (Å²) in [6.07, 6.45) is 1.64. The molecule has 0 bridgehead atoms. The molecule has 1 heterocycles. The Morgan fingerprint density at radius 2 is 2.23 bits per heavy atom. The van der Waals surface area contributed by atoms with Gasteiger partial charge in [0.2, 0.25) is 0 Å². The summed E-state index contributed by atoms with van der Waals surface area (Å²) < 4.78 is 1.92. The lowest BCUT2D eigenvalue weighted by Gasteiger charge is -1.89. The van der Waals surface area contributed by atoms with E-state index in [9.17, 15) is 4.79 Å². The standard InChI is InChI=1S/C8H6Br2O2S/c1-4(8(11)12)2-5-3-6(9)7(10)13-5/h2-3H,1H3,(H,11,12)/b4-2+. The highest BCUT2D eigenvalue weighted by Crippen LogP contribution is 2.33. The van der Waals surface area contributed by atoms with Gasteiger partial charge in [-0.3, -0.25) is 0 Å². The molecule has 0 aromatic carbocycles. The Hall–Kier alpha value is -0.130. The third-order valence-electron chi connectivity index (χ3n) is 1.36. The molecule has 0 unspecified atom stereocenters. The average Bonchev–Trinajstić information content (AvgIpc) is 2.31. The molecule has 0 aliphatic rings. The van der Waals surface area contributed by atoms with Gasteiger partial charge in [-0.05, 0) is 50.9 Å². The number of hydrogen-bond donors (Lipinski definition) is 1. The van der Waals surface area contributed by atoms with Crippen molar-refractivity contribution in [2.75, 3.05) is 0 Å². The number of halogens is 2. The molecule has 0 aliphatic carbocycles. The maximum Gasteiger partial charge on any atom is 0.331 e. The fourth-order valence-corrected chi connectivity index (χ4v) is 2.80. The summed E-state index contributed by atoms with van der Waals surface area (Å²) in [4.78, 5) is 11.4. The summed E-state index contributed by atoms with van der Waals surface area (Å²) in [5.74, 6) is -0.888. The van der Waals surface area contributed by atoms with Crippen LogP contribution in [0.4, 0.5) is 0 Å². The van der Waals surface area contributed by atoms with Crippen molar-refractivity contribution < 1.29 is 9.90 Å². The van der Waals surface area contributed by atoms with Gasteiger partial charge in [0, 0.05) is 14.9 Å². The minimum Gasteiger partial charge on any atom is -0.478 e. The van der Waals surface area contributed by atoms with E-state index in [-0.39, 0.29) is 0 Å². The summed E-state index contributed by atoms with van der Waals surface area (Å²) in [6, 6.07) is 1.88. The number of carboxylic acid groups (broad SMARTS) is 1. The van der Waals surface area contributed by atoms with E-state index in [4.69, 9.17) is 5.11 Å². The van der Waals surface area contributed by atoms with Gasteiger partial charge in [-0.15, -0.1) is 11.3 Å². The average molecular weight is 326 g/mol. The van der Waals surface area contributed by atoms with Gasteiger partial charge in [-0.2, -0.15) is 0 Å². The van der Waals surface area contributed by atoms with Crippen LogP contribution in [-0.2, 0) is 4.79 Å². The van der Waals surface area contributed by atoms with Gasteiger partial charge in [0.15, 0.2) is 0 Å². The quantitative estimate of drug-likeness (QED) is 0.841. The topological polar surface area (TPSA) is 37.3 Å². The van der Waals surface area contributed by atoms with Crippen LogP contribution >= 0.6 is 43.2 Å². The molecule has 70 valence electrons. The van der Waals surface area contributed by atoms with Gasteiger partial charge < -0.3 is 5.11 Å². The Balaban J connectivity index is 2.98. The molecule has 1 rings (SSSR count). The predicted octanol–water partition coefficient (Wildman–Crippen LogP) is 3.76. The number of aliphatic carboxylic acids is 1. The highest BCUT2D eigenvalue weighted by molar-refractivity contribution is 9.13. The third kappa shape index (κ3) is 2.93. The molecule has 13 heavy (non-hydrogen) atoms. The SMILES string of the molecule is C/C(=C\c1cc(Br)c(Br)s1)C(=O)O. The monoisotopic (exact) mass is 324 g/mol. The van der Waals surface area contributed by atoms with Crippen LogP contribution in [0.25, 0.3) is 6.08 Å². The van der Waals surface area contributed by atoms with E-state index in [1.54, 1.807) is 13.0 Å². The zero-order valence-electron chi connectivity index (χ0n) is 6.67. The van der Waals surface area contributed by atoms with Gasteiger partial charge >= 0.3 is 5.97 Å². The van der Waals surface area contributed by atoms with Gasteiger partial charge in [-0.1, -0.05) is 0 Å². The second kappa shape index (κ2) is 4.39. The van der Waals surface area contributed by atoms with Crippen molar-refractivity contribution in [2.24, 2.45) is 0 Å². The minimum absolute atomic E-state index is 0.334. The minimum atomic E-state index is -0.888. The zero-order valence-corrected chi connectivity index (χ0v) is 10.7. The number of hydrogen-bond acceptors (Lipinski definition) is 2. The maximum atomic E-state index is 10.5. The van der Waals surface area contributed by atoms with Crippen molar-refractivity contribution in [1.82, 2.24) is 0 Å². The van der Waals surface area contributed by atoms with Crippen LogP contribution in [0.15, 0.2) is 19.9 Å². The summed E-state index contributed by atoms with van der Waals surface area (Å²) in [7, 11) is 0. The molecule has 0 atom stereocenters. The third-order valence-corrected chi connectivity index (χ3v) is 4.56. The molecule has 0 fully saturated rings. The van der Waals surface area contributed by atoms with Crippen LogP contribution in [0.3, 0.4) is 0 Å². The normalized spacial score (nSPS) is 11.8. The molecule has 0 radical (unpaired) electrons. The second-order valence-corrected chi connectivity index (χ2v) is 5.66. The predicted molar refractivity (Wildman–Crippen MR) is 61.0 cm³/mol. The fourth-order valence-electron chi connectivity index (χ4n) is 0.710. The first-order valence-electron chi connectivity index (χ1n) is 3.37. The molecule has 1 aromatic rings. The zero-order chi connectivity index (χ0) is 10.0. The number of thiophene rings is 1. The first-order valence-corrected chi connectivity index (χ1v) is 5.77. The van der Waals surface area contributed by atoms with Crippen molar-refractivity contribution in [1.29, 1.82) is 0 Å². The Bertz CT molecular complexity index is 349. The molecule has 0 saturated carbocycles. The molecular weight excluding hydrogens is 320 g/mol. The van der Waals surface area contributed by atoms with Crippen molar-refractivity contribution in [2.45, 2.75) is 6.92 Å². The molecule has 2 nitrogen and oxygen atoms in total. The second-order valence-electron chi connectivity index (χ2n) is 2.40. The summed E-state index contributed by atoms with van der Waals surface area (Å²) >= 11 is 8.16. The van der Waals surface area contributed by atoms with Crippen molar-refractivity contribution >= 4 is 55.2 Å². The summed E-state index contributed by atoms with van der Waals surface area (Å²) in [5, 5.41) is 8.63. The van der Waals surface area contributed by atoms with E-state index in [1.165, 1.54) is 11.3 Å². The van der Waals surface area contributed by atoms with Crippen LogP contribution in [0.2, 0.25) is 0 Å². The van der Waals surface area contributed by atoms with E-state index in [0.717, 1.165) is 13.1 Å². The van der Waals surface area contributed by atoms with Crippen LogP contribution < -0.4 is 0 Å². The molecule has 5 heteroatoms.